The van der Waals surface area contributed by atoms with Gasteiger partial charge in [0.25, 0.3) is 0 Å². The molecule has 1 aliphatic carbocycles. The second-order valence-corrected chi connectivity index (χ2v) is 5.21. The molecule has 2 rings (SSSR count). The number of aliphatic imine (C=N–C) groups is 1. The molecule has 0 saturated heterocycles. The average Bonchev–Trinajstić information content (AvgIpc) is 2.61. The molecule has 2 aliphatic rings. The van der Waals surface area contributed by atoms with Gasteiger partial charge in [0.2, 0.25) is 0 Å². The number of carbonyl (C=O) groups is 1. The zero-order valence-electron chi connectivity index (χ0n) is 10.4. The third kappa shape index (κ3) is 7.62. The van der Waals surface area contributed by atoms with Crippen LogP contribution >= 0.6 is 0 Å². The topological polar surface area (TPSA) is 29.4 Å². The molecular formula is C16H35NO. The van der Waals surface area contributed by atoms with Crippen molar-refractivity contribution in [2.24, 2.45) is 16.8 Å². The summed E-state index contributed by atoms with van der Waals surface area (Å²) in [6, 6.07) is -0.0602. The van der Waals surface area contributed by atoms with Crippen LogP contribution in [0.15, 0.2) is 4.99 Å². The quantitative estimate of drug-likeness (QED) is 0.589. The largest absolute Gasteiger partial charge is 0.297 e. The van der Waals surface area contributed by atoms with Crippen LogP contribution in [-0.2, 0) is 4.79 Å². The predicted molar refractivity (Wildman–Crippen MR) is 84.6 cm³/mol. The summed E-state index contributed by atoms with van der Waals surface area (Å²) in [4.78, 5) is 14.7. The molecule has 0 radical (unpaired) electrons. The molecule has 1 heterocycles. The van der Waals surface area contributed by atoms with Gasteiger partial charge in [-0.2, -0.15) is 0 Å². The fraction of sp³-hybridized carbons (Fsp3) is 0.875. The van der Waals surface area contributed by atoms with Gasteiger partial charge in [0.1, 0.15) is 6.04 Å². The summed E-state index contributed by atoms with van der Waals surface area (Å²) < 4.78 is 0. The van der Waals surface area contributed by atoms with Crippen LogP contribution in [0.5, 0.6) is 0 Å². The molecule has 0 N–H and O–H groups in total. The summed E-state index contributed by atoms with van der Waals surface area (Å²) in [5.41, 5.74) is 0.975. The van der Waals surface area contributed by atoms with Gasteiger partial charge >= 0.3 is 0 Å². The lowest BCUT2D eigenvalue weighted by molar-refractivity contribution is -0.118. The van der Waals surface area contributed by atoms with Gasteiger partial charge in [-0.25, -0.2) is 0 Å². The number of rotatable bonds is 0. The van der Waals surface area contributed by atoms with Crippen molar-refractivity contribution in [2.75, 3.05) is 0 Å². The van der Waals surface area contributed by atoms with Crippen LogP contribution in [0.4, 0.5) is 0 Å². The molecule has 0 spiro atoms. The van der Waals surface area contributed by atoms with Crippen LogP contribution in [0.1, 0.15) is 75.7 Å². The van der Waals surface area contributed by atoms with E-state index in [4.69, 9.17) is 0 Å². The molecule has 0 bridgehead atoms. The molecule has 0 aromatic rings. The molecule has 3 atom stereocenters. The van der Waals surface area contributed by atoms with Gasteiger partial charge in [0, 0.05) is 12.1 Å². The van der Waals surface area contributed by atoms with Crippen molar-refractivity contribution in [3.05, 3.63) is 0 Å². The SMILES string of the molecule is C.C.C.CC1=NC(C)C(=O)C1.C[C@@H]1CC[C@H](C)C1. The predicted octanol–water partition coefficient (Wildman–Crippen LogP) is 5.16. The summed E-state index contributed by atoms with van der Waals surface area (Å²) in [5.74, 6) is 2.30. The first-order chi connectivity index (χ1) is 6.99. The Morgan fingerprint density at radius 3 is 1.56 bits per heavy atom. The van der Waals surface area contributed by atoms with Crippen LogP contribution in [0, 0.1) is 11.8 Å². The van der Waals surface area contributed by atoms with Gasteiger partial charge in [0.05, 0.1) is 0 Å². The van der Waals surface area contributed by atoms with Crippen molar-refractivity contribution in [1.29, 1.82) is 0 Å². The van der Waals surface area contributed by atoms with Gasteiger partial charge in [-0.15, -0.1) is 0 Å². The monoisotopic (exact) mass is 257 g/mol. The summed E-state index contributed by atoms with van der Waals surface area (Å²) in [6.45, 7) is 8.42. The Bertz CT molecular complexity index is 250. The Labute approximate surface area is 115 Å². The highest BCUT2D eigenvalue weighted by Crippen LogP contribution is 2.29. The maximum absolute atomic E-state index is 10.7. The molecule has 110 valence electrons. The number of ketones is 1. The van der Waals surface area contributed by atoms with Gasteiger partial charge in [-0.05, 0) is 32.1 Å². The van der Waals surface area contributed by atoms with Crippen LogP contribution in [0.3, 0.4) is 0 Å². The summed E-state index contributed by atoms with van der Waals surface area (Å²) in [7, 11) is 0. The lowest BCUT2D eigenvalue weighted by atomic mass is 10.1. The van der Waals surface area contributed by atoms with Crippen molar-refractivity contribution in [2.45, 2.75) is 81.7 Å². The highest BCUT2D eigenvalue weighted by atomic mass is 16.1. The summed E-state index contributed by atoms with van der Waals surface area (Å²) >= 11 is 0. The Morgan fingerprint density at radius 2 is 1.44 bits per heavy atom. The van der Waals surface area contributed by atoms with Crippen LogP contribution < -0.4 is 0 Å². The Balaban J connectivity index is -0.000000215. The van der Waals surface area contributed by atoms with E-state index in [1.54, 1.807) is 0 Å². The van der Waals surface area contributed by atoms with Crippen LogP contribution in [-0.4, -0.2) is 17.5 Å². The first-order valence-electron chi connectivity index (χ1n) is 6.05. The van der Waals surface area contributed by atoms with E-state index >= 15 is 0 Å². The minimum absolute atomic E-state index is 0. The maximum Gasteiger partial charge on any atom is 0.162 e. The second kappa shape index (κ2) is 10.3. The van der Waals surface area contributed by atoms with Crippen molar-refractivity contribution < 1.29 is 4.79 Å². The fourth-order valence-electron chi connectivity index (χ4n) is 2.34. The number of carbonyl (C=O) groups excluding carboxylic acids is 1. The molecule has 2 heteroatoms. The molecule has 1 unspecified atom stereocenters. The zero-order chi connectivity index (χ0) is 11.4. The molecule has 0 aromatic heterocycles. The van der Waals surface area contributed by atoms with Crippen molar-refractivity contribution in [3.63, 3.8) is 0 Å². The molecule has 0 aromatic carbocycles. The van der Waals surface area contributed by atoms with E-state index in [1.807, 2.05) is 13.8 Å². The maximum atomic E-state index is 10.7. The number of Topliss-reactive ketones (excluding diaryl/α,β-unsaturated/α-hetero) is 1. The Hall–Kier alpha value is -0.660. The summed E-state index contributed by atoms with van der Waals surface area (Å²) in [6.07, 6.45) is 4.99. The first-order valence-corrected chi connectivity index (χ1v) is 6.05. The number of nitrogens with zero attached hydrogens (tertiary/aromatic N) is 1. The van der Waals surface area contributed by atoms with Gasteiger partial charge < -0.3 is 0 Å². The molecule has 1 aliphatic heterocycles. The smallest absolute Gasteiger partial charge is 0.162 e. The minimum atomic E-state index is -0.0602. The average molecular weight is 257 g/mol. The van der Waals surface area contributed by atoms with E-state index in [-0.39, 0.29) is 34.1 Å². The minimum Gasteiger partial charge on any atom is -0.297 e. The van der Waals surface area contributed by atoms with E-state index < -0.39 is 0 Å². The Morgan fingerprint density at radius 1 is 1.00 bits per heavy atom. The third-order valence-electron chi connectivity index (χ3n) is 3.27. The number of hydrogen-bond donors (Lipinski definition) is 0. The van der Waals surface area contributed by atoms with E-state index in [1.165, 1.54) is 19.3 Å². The zero-order valence-corrected chi connectivity index (χ0v) is 10.4. The van der Waals surface area contributed by atoms with Gasteiger partial charge in [0.15, 0.2) is 5.78 Å². The number of hydrogen-bond acceptors (Lipinski definition) is 2. The fourth-order valence-corrected chi connectivity index (χ4v) is 2.34. The molecule has 1 saturated carbocycles. The van der Waals surface area contributed by atoms with Gasteiger partial charge in [-0.3, -0.25) is 9.79 Å². The molecule has 1 fully saturated rings. The first kappa shape index (κ1) is 22.5. The Kier molecular flexibility index (Phi) is 12.9. The lowest BCUT2D eigenvalue weighted by Crippen LogP contribution is -2.06. The van der Waals surface area contributed by atoms with Crippen LogP contribution in [0.2, 0.25) is 0 Å². The highest BCUT2D eigenvalue weighted by Gasteiger charge is 2.18. The molecule has 0 amide bonds. The molecule has 2 nitrogen and oxygen atoms in total. The molecule has 18 heavy (non-hydrogen) atoms. The van der Waals surface area contributed by atoms with E-state index in [0.29, 0.717) is 6.42 Å². The second-order valence-electron chi connectivity index (χ2n) is 5.21. The molecular weight excluding hydrogens is 222 g/mol. The van der Waals surface area contributed by atoms with Gasteiger partial charge in [-0.1, -0.05) is 49.0 Å². The highest BCUT2D eigenvalue weighted by molar-refractivity contribution is 6.08. The lowest BCUT2D eigenvalue weighted by Gasteiger charge is -1.96. The van der Waals surface area contributed by atoms with E-state index in [9.17, 15) is 4.79 Å². The normalized spacial score (nSPS) is 29.0. The third-order valence-corrected chi connectivity index (χ3v) is 3.27. The van der Waals surface area contributed by atoms with Crippen molar-refractivity contribution >= 4 is 11.5 Å². The standard InChI is InChI=1S/C7H14.C6H9NO.3CH4/c1-6-3-4-7(2)5-6;1-4-3-6(8)5(2)7-4;;;/h6-7H,3-5H2,1-2H3;5H,3H2,1-2H3;3*1H4/t6-,7+;;;;. The van der Waals surface area contributed by atoms with E-state index in [0.717, 1.165) is 17.5 Å². The van der Waals surface area contributed by atoms with Crippen LogP contribution in [0.25, 0.3) is 0 Å². The van der Waals surface area contributed by atoms with E-state index in [2.05, 4.69) is 18.8 Å². The van der Waals surface area contributed by atoms with Crippen molar-refractivity contribution in [3.8, 4) is 0 Å². The van der Waals surface area contributed by atoms with Crippen molar-refractivity contribution in [1.82, 2.24) is 0 Å². The summed E-state index contributed by atoms with van der Waals surface area (Å²) in [5, 5.41) is 0.